The average Bonchev–Trinajstić information content (AvgIpc) is 2.30. The van der Waals surface area contributed by atoms with Crippen LogP contribution in [0.2, 0.25) is 0 Å². The molecule has 2 N–H and O–H groups in total. The van der Waals surface area contributed by atoms with Gasteiger partial charge in [-0.25, -0.2) is 0 Å². The minimum atomic E-state index is 0.170. The molecule has 0 aliphatic carbocycles. The number of carbonyl (C=O) groups excluding carboxylic acids is 1. The molecule has 0 aromatic carbocycles. The summed E-state index contributed by atoms with van der Waals surface area (Å²) in [5, 5.41) is 6.47. The number of amides is 1. The second-order valence-electron chi connectivity index (χ2n) is 4.92. The van der Waals surface area contributed by atoms with Crippen molar-refractivity contribution in [3.63, 3.8) is 0 Å². The van der Waals surface area contributed by atoms with Crippen molar-refractivity contribution in [3.05, 3.63) is 0 Å². The first-order valence-electron chi connectivity index (χ1n) is 6.70. The number of carbonyl (C=O) groups is 1. The third kappa shape index (κ3) is 3.78. The van der Waals surface area contributed by atoms with Crippen LogP contribution in [0, 0.1) is 11.8 Å². The highest BCUT2D eigenvalue weighted by Crippen LogP contribution is 2.16. The van der Waals surface area contributed by atoms with Crippen molar-refractivity contribution in [1.29, 1.82) is 0 Å². The van der Waals surface area contributed by atoms with Gasteiger partial charge in [-0.15, -0.1) is 0 Å². The van der Waals surface area contributed by atoms with E-state index in [9.17, 15) is 4.79 Å². The Morgan fingerprint density at radius 1 is 1.44 bits per heavy atom. The van der Waals surface area contributed by atoms with Gasteiger partial charge in [-0.05, 0) is 32.2 Å². The van der Waals surface area contributed by atoms with Crippen LogP contribution in [0.4, 0.5) is 0 Å². The van der Waals surface area contributed by atoms with Crippen LogP contribution in [0.15, 0.2) is 0 Å². The molecule has 1 saturated heterocycles. The van der Waals surface area contributed by atoms with E-state index in [4.69, 9.17) is 0 Å². The lowest BCUT2D eigenvalue weighted by atomic mass is 9.91. The van der Waals surface area contributed by atoms with E-state index >= 15 is 0 Å². The van der Waals surface area contributed by atoms with Gasteiger partial charge in [0, 0.05) is 12.6 Å². The molecule has 2 atom stereocenters. The van der Waals surface area contributed by atoms with E-state index in [2.05, 4.69) is 31.4 Å². The molecule has 1 fully saturated rings. The molecule has 3 heteroatoms. The summed E-state index contributed by atoms with van der Waals surface area (Å²) in [6, 6.07) is 0.329. The lowest BCUT2D eigenvalue weighted by molar-refractivity contribution is -0.126. The molecule has 0 bridgehead atoms. The Balaban J connectivity index is 2.33. The van der Waals surface area contributed by atoms with E-state index in [1.165, 1.54) is 0 Å². The van der Waals surface area contributed by atoms with E-state index in [-0.39, 0.29) is 11.8 Å². The van der Waals surface area contributed by atoms with Crippen molar-refractivity contribution in [2.75, 3.05) is 13.1 Å². The molecular formula is C13H26N2O. The summed E-state index contributed by atoms with van der Waals surface area (Å²) in [5.41, 5.74) is 0. The van der Waals surface area contributed by atoms with E-state index in [1.807, 2.05) is 0 Å². The van der Waals surface area contributed by atoms with Gasteiger partial charge in [0.2, 0.25) is 5.91 Å². The lowest BCUT2D eigenvalue weighted by Gasteiger charge is -2.29. The number of rotatable bonds is 5. The van der Waals surface area contributed by atoms with Crippen molar-refractivity contribution in [3.8, 4) is 0 Å². The molecule has 1 aliphatic rings. The standard InChI is InChI=1S/C13H26N2O/c1-4-11(5-2)9-15-13(16)12-7-6-8-14-10(12)3/h10-12,14H,4-9H2,1-3H3,(H,15,16). The van der Waals surface area contributed by atoms with Crippen LogP contribution in [0.1, 0.15) is 46.5 Å². The van der Waals surface area contributed by atoms with Crippen molar-refractivity contribution >= 4 is 5.91 Å². The lowest BCUT2D eigenvalue weighted by Crippen LogP contribution is -2.47. The molecule has 2 unspecified atom stereocenters. The Kier molecular flexibility index (Phi) is 5.81. The van der Waals surface area contributed by atoms with Crippen LogP contribution < -0.4 is 10.6 Å². The second kappa shape index (κ2) is 6.89. The predicted octanol–water partition coefficient (Wildman–Crippen LogP) is 1.93. The Bertz CT molecular complexity index is 214. The first-order valence-corrected chi connectivity index (χ1v) is 6.70. The van der Waals surface area contributed by atoms with E-state index in [1.54, 1.807) is 0 Å². The molecule has 1 heterocycles. The minimum absolute atomic E-state index is 0.170. The molecule has 1 aliphatic heterocycles. The average molecular weight is 226 g/mol. The van der Waals surface area contributed by atoms with Crippen molar-refractivity contribution < 1.29 is 4.79 Å². The first-order chi connectivity index (χ1) is 7.69. The summed E-state index contributed by atoms with van der Waals surface area (Å²) >= 11 is 0. The van der Waals surface area contributed by atoms with Crippen LogP contribution in [0.5, 0.6) is 0 Å². The van der Waals surface area contributed by atoms with Gasteiger partial charge < -0.3 is 10.6 Å². The fourth-order valence-corrected chi connectivity index (χ4v) is 2.36. The van der Waals surface area contributed by atoms with Gasteiger partial charge in [-0.3, -0.25) is 4.79 Å². The van der Waals surface area contributed by atoms with Gasteiger partial charge in [0.1, 0.15) is 0 Å². The summed E-state index contributed by atoms with van der Waals surface area (Å²) in [6.45, 7) is 8.38. The number of hydrogen-bond donors (Lipinski definition) is 2. The van der Waals surface area contributed by atoms with Gasteiger partial charge in [-0.2, -0.15) is 0 Å². The summed E-state index contributed by atoms with van der Waals surface area (Å²) < 4.78 is 0. The van der Waals surface area contributed by atoms with E-state index in [0.717, 1.165) is 38.8 Å². The zero-order valence-electron chi connectivity index (χ0n) is 10.9. The number of piperidine rings is 1. The van der Waals surface area contributed by atoms with E-state index < -0.39 is 0 Å². The summed E-state index contributed by atoms with van der Waals surface area (Å²) in [6.07, 6.45) is 4.45. The first kappa shape index (κ1) is 13.5. The molecule has 0 aromatic rings. The smallest absolute Gasteiger partial charge is 0.224 e. The zero-order chi connectivity index (χ0) is 12.0. The zero-order valence-corrected chi connectivity index (χ0v) is 10.9. The largest absolute Gasteiger partial charge is 0.356 e. The fourth-order valence-electron chi connectivity index (χ4n) is 2.36. The Hall–Kier alpha value is -0.570. The molecular weight excluding hydrogens is 200 g/mol. The van der Waals surface area contributed by atoms with Crippen LogP contribution in [-0.4, -0.2) is 25.0 Å². The van der Waals surface area contributed by atoms with Crippen LogP contribution in [0.25, 0.3) is 0 Å². The minimum Gasteiger partial charge on any atom is -0.356 e. The van der Waals surface area contributed by atoms with Crippen molar-refractivity contribution in [1.82, 2.24) is 10.6 Å². The summed E-state index contributed by atoms with van der Waals surface area (Å²) in [5.74, 6) is 1.05. The molecule has 3 nitrogen and oxygen atoms in total. The van der Waals surface area contributed by atoms with Crippen LogP contribution >= 0.6 is 0 Å². The van der Waals surface area contributed by atoms with Crippen molar-refractivity contribution in [2.45, 2.75) is 52.5 Å². The molecule has 0 saturated carbocycles. The molecule has 0 radical (unpaired) electrons. The maximum Gasteiger partial charge on any atom is 0.224 e. The highest BCUT2D eigenvalue weighted by Gasteiger charge is 2.27. The predicted molar refractivity (Wildman–Crippen MR) is 67.3 cm³/mol. The van der Waals surface area contributed by atoms with Gasteiger partial charge in [-0.1, -0.05) is 26.7 Å². The highest BCUT2D eigenvalue weighted by molar-refractivity contribution is 5.79. The molecule has 94 valence electrons. The van der Waals surface area contributed by atoms with Gasteiger partial charge in [0.05, 0.1) is 5.92 Å². The Labute approximate surface area is 99.4 Å². The second-order valence-corrected chi connectivity index (χ2v) is 4.92. The molecule has 16 heavy (non-hydrogen) atoms. The molecule has 0 aromatic heterocycles. The maximum absolute atomic E-state index is 12.0. The Morgan fingerprint density at radius 3 is 2.69 bits per heavy atom. The summed E-state index contributed by atoms with van der Waals surface area (Å²) in [4.78, 5) is 12.0. The monoisotopic (exact) mass is 226 g/mol. The van der Waals surface area contributed by atoms with E-state index in [0.29, 0.717) is 12.0 Å². The Morgan fingerprint density at radius 2 is 2.12 bits per heavy atom. The third-order valence-electron chi connectivity index (χ3n) is 3.82. The molecule has 0 spiro atoms. The number of hydrogen-bond acceptors (Lipinski definition) is 2. The normalized spacial score (nSPS) is 25.8. The maximum atomic E-state index is 12.0. The SMILES string of the molecule is CCC(CC)CNC(=O)C1CCCNC1C. The number of nitrogens with one attached hydrogen (secondary N) is 2. The highest BCUT2D eigenvalue weighted by atomic mass is 16.1. The summed E-state index contributed by atoms with van der Waals surface area (Å²) in [7, 11) is 0. The van der Waals surface area contributed by atoms with Gasteiger partial charge >= 0.3 is 0 Å². The van der Waals surface area contributed by atoms with Crippen molar-refractivity contribution in [2.24, 2.45) is 11.8 Å². The fraction of sp³-hybridized carbons (Fsp3) is 0.923. The molecule has 1 amide bonds. The van der Waals surface area contributed by atoms with Gasteiger partial charge in [0.15, 0.2) is 0 Å². The molecule has 1 rings (SSSR count). The topological polar surface area (TPSA) is 41.1 Å². The third-order valence-corrected chi connectivity index (χ3v) is 3.82. The van der Waals surface area contributed by atoms with Crippen LogP contribution in [-0.2, 0) is 4.79 Å². The quantitative estimate of drug-likeness (QED) is 0.752. The van der Waals surface area contributed by atoms with Gasteiger partial charge in [0.25, 0.3) is 0 Å². The van der Waals surface area contributed by atoms with Crippen LogP contribution in [0.3, 0.4) is 0 Å².